The van der Waals surface area contributed by atoms with E-state index in [4.69, 9.17) is 0 Å². The molecule has 3 atom stereocenters. The van der Waals surface area contributed by atoms with Crippen molar-refractivity contribution >= 4 is 21.4 Å². The third-order valence-electron chi connectivity index (χ3n) is 4.68. The SMILES string of the molecule is CCC1CCCC(C(O)c2csc3ccccc23)C1. The summed E-state index contributed by atoms with van der Waals surface area (Å²) in [6, 6.07) is 8.43. The molecule has 1 nitrogen and oxygen atoms in total. The van der Waals surface area contributed by atoms with Gasteiger partial charge < -0.3 is 5.11 Å². The number of thiophene rings is 1. The van der Waals surface area contributed by atoms with Crippen molar-refractivity contribution in [2.24, 2.45) is 11.8 Å². The highest BCUT2D eigenvalue weighted by Gasteiger charge is 2.28. The molecule has 3 unspecified atom stereocenters. The zero-order chi connectivity index (χ0) is 13.2. The first-order valence-corrected chi connectivity index (χ1v) is 8.31. The molecular weight excluding hydrogens is 252 g/mol. The zero-order valence-electron chi connectivity index (χ0n) is 11.5. The minimum Gasteiger partial charge on any atom is -0.388 e. The van der Waals surface area contributed by atoms with Crippen molar-refractivity contribution in [2.45, 2.75) is 45.1 Å². The minimum atomic E-state index is -0.273. The van der Waals surface area contributed by atoms with E-state index in [9.17, 15) is 5.11 Å². The monoisotopic (exact) mass is 274 g/mol. The molecule has 0 saturated heterocycles. The number of aliphatic hydroxyl groups is 1. The molecule has 1 fully saturated rings. The summed E-state index contributed by atoms with van der Waals surface area (Å²) in [6.45, 7) is 2.28. The van der Waals surface area contributed by atoms with Crippen LogP contribution < -0.4 is 0 Å². The number of benzene rings is 1. The predicted molar refractivity (Wildman–Crippen MR) is 82.5 cm³/mol. The standard InChI is InChI=1S/C17H22OS/c1-2-12-6-5-7-13(10-12)17(18)15-11-19-16-9-4-3-8-14(15)16/h3-4,8-9,11-13,17-18H,2,5-7,10H2,1H3. The van der Waals surface area contributed by atoms with Crippen LogP contribution >= 0.6 is 11.3 Å². The summed E-state index contributed by atoms with van der Waals surface area (Å²) < 4.78 is 1.29. The van der Waals surface area contributed by atoms with Crippen molar-refractivity contribution in [2.75, 3.05) is 0 Å². The first-order valence-electron chi connectivity index (χ1n) is 7.43. The maximum absolute atomic E-state index is 10.8. The van der Waals surface area contributed by atoms with E-state index in [1.165, 1.54) is 42.2 Å². The van der Waals surface area contributed by atoms with Gasteiger partial charge in [-0.3, -0.25) is 0 Å². The summed E-state index contributed by atoms with van der Waals surface area (Å²) in [4.78, 5) is 0. The van der Waals surface area contributed by atoms with Crippen LogP contribution in [-0.2, 0) is 0 Å². The lowest BCUT2D eigenvalue weighted by Gasteiger charge is -2.31. The first kappa shape index (κ1) is 13.1. The molecular formula is C17H22OS. The number of aliphatic hydroxyl groups excluding tert-OH is 1. The molecule has 2 heteroatoms. The Balaban J connectivity index is 1.85. The summed E-state index contributed by atoms with van der Waals surface area (Å²) in [6.07, 6.45) is 5.99. The van der Waals surface area contributed by atoms with Crippen LogP contribution in [0.4, 0.5) is 0 Å². The van der Waals surface area contributed by atoms with Gasteiger partial charge in [0.2, 0.25) is 0 Å². The molecule has 19 heavy (non-hydrogen) atoms. The van der Waals surface area contributed by atoms with E-state index in [0.717, 1.165) is 11.5 Å². The molecule has 3 rings (SSSR count). The summed E-state index contributed by atoms with van der Waals surface area (Å²) >= 11 is 1.75. The smallest absolute Gasteiger partial charge is 0.0832 e. The quantitative estimate of drug-likeness (QED) is 0.820. The number of hydrogen-bond donors (Lipinski definition) is 1. The van der Waals surface area contributed by atoms with Crippen LogP contribution in [0.2, 0.25) is 0 Å². The molecule has 1 aromatic carbocycles. The van der Waals surface area contributed by atoms with Gasteiger partial charge in [0.15, 0.2) is 0 Å². The van der Waals surface area contributed by atoms with E-state index in [1.807, 2.05) is 0 Å². The molecule has 0 radical (unpaired) electrons. The summed E-state index contributed by atoms with van der Waals surface area (Å²) in [7, 11) is 0. The van der Waals surface area contributed by atoms with Gasteiger partial charge in [0.1, 0.15) is 0 Å². The maximum atomic E-state index is 10.8. The first-order chi connectivity index (χ1) is 9.29. The van der Waals surface area contributed by atoms with Gasteiger partial charge in [0, 0.05) is 4.70 Å². The third kappa shape index (κ3) is 2.56. The Hall–Kier alpha value is -0.860. The summed E-state index contributed by atoms with van der Waals surface area (Å²) in [5, 5.41) is 14.2. The van der Waals surface area contributed by atoms with Crippen LogP contribution in [0.5, 0.6) is 0 Å². The minimum absolute atomic E-state index is 0.273. The van der Waals surface area contributed by atoms with E-state index < -0.39 is 0 Å². The highest BCUT2D eigenvalue weighted by molar-refractivity contribution is 7.17. The zero-order valence-corrected chi connectivity index (χ0v) is 12.3. The number of hydrogen-bond acceptors (Lipinski definition) is 2. The van der Waals surface area contributed by atoms with Crippen molar-refractivity contribution < 1.29 is 5.11 Å². The van der Waals surface area contributed by atoms with Crippen molar-refractivity contribution in [1.82, 2.24) is 0 Å². The molecule has 1 aromatic heterocycles. The normalized spacial score (nSPS) is 25.6. The van der Waals surface area contributed by atoms with Gasteiger partial charge in [-0.1, -0.05) is 44.4 Å². The van der Waals surface area contributed by atoms with Crippen LogP contribution in [0.1, 0.15) is 50.7 Å². The second kappa shape index (κ2) is 5.64. The Morgan fingerprint density at radius 1 is 1.32 bits per heavy atom. The van der Waals surface area contributed by atoms with Gasteiger partial charge in [0.25, 0.3) is 0 Å². The molecule has 1 saturated carbocycles. The van der Waals surface area contributed by atoms with E-state index >= 15 is 0 Å². The molecule has 1 aliphatic carbocycles. The van der Waals surface area contributed by atoms with Gasteiger partial charge in [-0.15, -0.1) is 11.3 Å². The summed E-state index contributed by atoms with van der Waals surface area (Å²) in [5.74, 6) is 1.27. The van der Waals surface area contributed by atoms with Crippen LogP contribution in [0.3, 0.4) is 0 Å². The predicted octanol–water partition coefficient (Wildman–Crippen LogP) is 5.15. The van der Waals surface area contributed by atoms with Crippen molar-refractivity contribution in [3.05, 3.63) is 35.2 Å². The number of fused-ring (bicyclic) bond motifs is 1. The second-order valence-corrected chi connectivity index (χ2v) is 6.74. The largest absolute Gasteiger partial charge is 0.388 e. The molecule has 1 aliphatic rings. The van der Waals surface area contributed by atoms with E-state index in [-0.39, 0.29) is 6.10 Å². The van der Waals surface area contributed by atoms with Gasteiger partial charge in [0.05, 0.1) is 6.10 Å². The Morgan fingerprint density at radius 3 is 3.00 bits per heavy atom. The van der Waals surface area contributed by atoms with Crippen LogP contribution in [0.25, 0.3) is 10.1 Å². The topological polar surface area (TPSA) is 20.2 Å². The summed E-state index contributed by atoms with van der Waals surface area (Å²) in [5.41, 5.74) is 1.15. The lowest BCUT2D eigenvalue weighted by Crippen LogP contribution is -2.21. The Morgan fingerprint density at radius 2 is 2.16 bits per heavy atom. The van der Waals surface area contributed by atoms with Gasteiger partial charge in [-0.25, -0.2) is 0 Å². The van der Waals surface area contributed by atoms with Crippen molar-refractivity contribution in [1.29, 1.82) is 0 Å². The van der Waals surface area contributed by atoms with E-state index in [1.54, 1.807) is 11.3 Å². The highest BCUT2D eigenvalue weighted by Crippen LogP contribution is 2.41. The van der Waals surface area contributed by atoms with Gasteiger partial charge >= 0.3 is 0 Å². The van der Waals surface area contributed by atoms with Crippen molar-refractivity contribution in [3.8, 4) is 0 Å². The molecule has 0 spiro atoms. The highest BCUT2D eigenvalue weighted by atomic mass is 32.1. The third-order valence-corrected chi connectivity index (χ3v) is 5.66. The van der Waals surface area contributed by atoms with E-state index in [0.29, 0.717) is 5.92 Å². The van der Waals surface area contributed by atoms with Gasteiger partial charge in [-0.05, 0) is 47.1 Å². The average molecular weight is 274 g/mol. The van der Waals surface area contributed by atoms with Crippen LogP contribution in [-0.4, -0.2) is 5.11 Å². The fourth-order valence-electron chi connectivity index (χ4n) is 3.47. The Bertz CT molecular complexity index is 545. The lowest BCUT2D eigenvalue weighted by molar-refractivity contribution is 0.0692. The van der Waals surface area contributed by atoms with Crippen LogP contribution in [0.15, 0.2) is 29.6 Å². The Labute approximate surface area is 119 Å². The molecule has 0 amide bonds. The number of rotatable bonds is 3. The van der Waals surface area contributed by atoms with Gasteiger partial charge in [-0.2, -0.15) is 0 Å². The fraction of sp³-hybridized carbons (Fsp3) is 0.529. The molecule has 1 heterocycles. The van der Waals surface area contributed by atoms with Crippen molar-refractivity contribution in [3.63, 3.8) is 0 Å². The lowest BCUT2D eigenvalue weighted by atomic mass is 9.76. The average Bonchev–Trinajstić information content (AvgIpc) is 2.90. The molecule has 0 bridgehead atoms. The Kier molecular flexibility index (Phi) is 3.90. The molecule has 1 N–H and O–H groups in total. The molecule has 0 aliphatic heterocycles. The second-order valence-electron chi connectivity index (χ2n) is 5.83. The molecule has 102 valence electrons. The maximum Gasteiger partial charge on any atom is 0.0832 e. The fourth-order valence-corrected chi connectivity index (χ4v) is 4.46. The molecule has 2 aromatic rings. The van der Waals surface area contributed by atoms with E-state index in [2.05, 4.69) is 36.6 Å². The van der Waals surface area contributed by atoms with Crippen LogP contribution in [0, 0.1) is 11.8 Å².